The Morgan fingerprint density at radius 2 is 1.50 bits per heavy atom. The summed E-state index contributed by atoms with van der Waals surface area (Å²) < 4.78 is 47.9. The number of benzene rings is 2. The van der Waals surface area contributed by atoms with Crippen LogP contribution >= 0.6 is 11.3 Å². The van der Waals surface area contributed by atoms with Crippen molar-refractivity contribution in [2.45, 2.75) is 89.9 Å². The van der Waals surface area contributed by atoms with Crippen molar-refractivity contribution in [2.24, 2.45) is 0 Å². The Hall–Kier alpha value is -3.37. The minimum Gasteiger partial charge on any atom is -0.494 e. The fourth-order valence-corrected chi connectivity index (χ4v) is 7.17. The van der Waals surface area contributed by atoms with Gasteiger partial charge in [-0.1, -0.05) is 31.9 Å². The van der Waals surface area contributed by atoms with Crippen molar-refractivity contribution in [3.63, 3.8) is 0 Å². The number of hydrogen-bond acceptors (Lipinski definition) is 9. The monoisotopic (exact) mass is 672 g/mol. The smallest absolute Gasteiger partial charge is 0.306 e. The van der Waals surface area contributed by atoms with Gasteiger partial charge in [0.2, 0.25) is 0 Å². The molecule has 0 amide bonds. The number of carbonyl (C=O) groups is 2. The van der Waals surface area contributed by atoms with E-state index in [1.54, 1.807) is 37.3 Å². The Balaban J connectivity index is 1.54. The van der Waals surface area contributed by atoms with Crippen LogP contribution in [0.4, 0.5) is 0 Å². The van der Waals surface area contributed by atoms with Gasteiger partial charge in [0, 0.05) is 12.8 Å². The van der Waals surface area contributed by atoms with Crippen LogP contribution in [0.5, 0.6) is 11.5 Å². The highest BCUT2D eigenvalue weighted by Crippen LogP contribution is 2.31. The molecule has 8 nitrogen and oxygen atoms in total. The molecule has 0 N–H and O–H groups in total. The maximum atomic E-state index is 12.8. The second-order valence-corrected chi connectivity index (χ2v) is 13.9. The second-order valence-electron chi connectivity index (χ2n) is 11.0. The van der Waals surface area contributed by atoms with Crippen molar-refractivity contribution in [3.8, 4) is 22.6 Å². The van der Waals surface area contributed by atoms with E-state index in [4.69, 9.17) is 18.9 Å². The fraction of sp³-hybridized carbons (Fsp3) is 0.500. The molecule has 252 valence electrons. The van der Waals surface area contributed by atoms with Gasteiger partial charge in [0.1, 0.15) is 11.5 Å². The van der Waals surface area contributed by atoms with E-state index in [-0.39, 0.29) is 24.1 Å². The van der Waals surface area contributed by atoms with Gasteiger partial charge in [-0.15, -0.1) is 0 Å². The summed E-state index contributed by atoms with van der Waals surface area (Å²) in [5.41, 5.74) is 3.98. The molecule has 0 spiro atoms. The van der Waals surface area contributed by atoms with Crippen LogP contribution in [0.25, 0.3) is 11.1 Å². The number of esters is 2. The Morgan fingerprint density at radius 1 is 0.761 bits per heavy atom. The van der Waals surface area contributed by atoms with Crippen LogP contribution in [0.3, 0.4) is 0 Å². The first-order valence-corrected chi connectivity index (χ1v) is 18.9. The zero-order chi connectivity index (χ0) is 33.2. The van der Waals surface area contributed by atoms with Crippen molar-refractivity contribution in [1.82, 2.24) is 0 Å². The van der Waals surface area contributed by atoms with Gasteiger partial charge in [-0.05, 0) is 116 Å². The van der Waals surface area contributed by atoms with Crippen LogP contribution in [0, 0.1) is 0 Å². The van der Waals surface area contributed by atoms with Gasteiger partial charge in [-0.2, -0.15) is 11.3 Å². The standard InChI is InChI=1S/C36H48O8S2/c1-4-23-46(39,40)32-25-30(29-19-22-45-27-29)24-31(26-32)43-20-10-8-7-9-13-28-14-11-15-34(33(28)17-18-36(38)42-6-3)44-21-12-16-35(37)41-5-2/h11,14-15,19,22,24-27H,4-10,12-13,16-18,20-21,23H2,1-3H3. The summed E-state index contributed by atoms with van der Waals surface area (Å²) in [6.07, 6.45) is 6.83. The molecule has 0 radical (unpaired) electrons. The largest absolute Gasteiger partial charge is 0.494 e. The summed E-state index contributed by atoms with van der Waals surface area (Å²) in [6, 6.07) is 13.2. The molecule has 0 saturated carbocycles. The first-order chi connectivity index (χ1) is 22.3. The molecule has 0 unspecified atom stereocenters. The molecular formula is C36H48O8S2. The highest BCUT2D eigenvalue weighted by Gasteiger charge is 2.17. The van der Waals surface area contributed by atoms with Gasteiger partial charge in [0.25, 0.3) is 0 Å². The summed E-state index contributed by atoms with van der Waals surface area (Å²) >= 11 is 1.57. The zero-order valence-corrected chi connectivity index (χ0v) is 29.0. The SMILES string of the molecule is CCCS(=O)(=O)c1cc(OCCCCCCc2cccc(OCCCC(=O)OCC)c2CCC(=O)OCC)cc(-c2ccsc2)c1. The zero-order valence-electron chi connectivity index (χ0n) is 27.4. The summed E-state index contributed by atoms with van der Waals surface area (Å²) in [5, 5.41) is 3.98. The summed E-state index contributed by atoms with van der Waals surface area (Å²) in [7, 11) is -3.38. The molecule has 0 fully saturated rings. The average molecular weight is 673 g/mol. The quantitative estimate of drug-likeness (QED) is 0.0781. The van der Waals surface area contributed by atoms with E-state index in [1.165, 1.54) is 0 Å². The first kappa shape index (κ1) is 37.1. The van der Waals surface area contributed by atoms with Gasteiger partial charge in [0.05, 0.1) is 37.1 Å². The fourth-order valence-electron chi connectivity index (χ4n) is 5.13. The number of carbonyl (C=O) groups excluding carboxylic acids is 2. The Labute approximate surface area is 278 Å². The molecular weight excluding hydrogens is 625 g/mol. The first-order valence-electron chi connectivity index (χ1n) is 16.3. The molecule has 10 heteroatoms. The molecule has 0 aliphatic rings. The summed E-state index contributed by atoms with van der Waals surface area (Å²) in [4.78, 5) is 24.1. The number of aryl methyl sites for hydroxylation is 1. The average Bonchev–Trinajstić information content (AvgIpc) is 3.58. The number of thiophene rings is 1. The number of sulfone groups is 1. The number of rotatable bonds is 22. The summed E-state index contributed by atoms with van der Waals surface area (Å²) in [6.45, 7) is 7.05. The maximum Gasteiger partial charge on any atom is 0.306 e. The number of hydrogen-bond donors (Lipinski definition) is 0. The van der Waals surface area contributed by atoms with E-state index in [2.05, 4.69) is 6.07 Å². The van der Waals surface area contributed by atoms with Crippen LogP contribution in [-0.2, 0) is 41.7 Å². The van der Waals surface area contributed by atoms with E-state index in [1.807, 2.05) is 41.9 Å². The van der Waals surface area contributed by atoms with Crippen molar-refractivity contribution < 1.29 is 37.0 Å². The molecule has 3 aromatic rings. The van der Waals surface area contributed by atoms with Gasteiger partial charge in [-0.3, -0.25) is 9.59 Å². The van der Waals surface area contributed by atoms with Crippen LogP contribution in [0.1, 0.15) is 83.3 Å². The molecule has 1 heterocycles. The third kappa shape index (κ3) is 12.4. The molecule has 0 atom stereocenters. The van der Waals surface area contributed by atoms with Crippen molar-refractivity contribution in [2.75, 3.05) is 32.2 Å². The number of unbranched alkanes of at least 4 members (excludes halogenated alkanes) is 3. The van der Waals surface area contributed by atoms with E-state index in [9.17, 15) is 18.0 Å². The molecule has 2 aromatic carbocycles. The van der Waals surface area contributed by atoms with E-state index >= 15 is 0 Å². The summed E-state index contributed by atoms with van der Waals surface area (Å²) in [5.74, 6) is 0.952. The lowest BCUT2D eigenvalue weighted by Gasteiger charge is -2.16. The topological polar surface area (TPSA) is 105 Å². The van der Waals surface area contributed by atoms with Crippen LogP contribution < -0.4 is 9.47 Å². The van der Waals surface area contributed by atoms with Crippen LogP contribution in [0.2, 0.25) is 0 Å². The molecule has 0 saturated heterocycles. The highest BCUT2D eigenvalue weighted by atomic mass is 32.2. The predicted octanol–water partition coefficient (Wildman–Crippen LogP) is 8.00. The van der Waals surface area contributed by atoms with Crippen molar-refractivity contribution in [1.29, 1.82) is 0 Å². The van der Waals surface area contributed by atoms with Gasteiger partial charge in [0.15, 0.2) is 9.84 Å². The molecule has 0 aliphatic heterocycles. The highest BCUT2D eigenvalue weighted by molar-refractivity contribution is 7.91. The van der Waals surface area contributed by atoms with E-state index < -0.39 is 9.84 Å². The van der Waals surface area contributed by atoms with Crippen molar-refractivity contribution in [3.05, 3.63) is 64.4 Å². The normalized spacial score (nSPS) is 11.3. The molecule has 0 aliphatic carbocycles. The van der Waals surface area contributed by atoms with Gasteiger partial charge in [-0.25, -0.2) is 8.42 Å². The lowest BCUT2D eigenvalue weighted by Crippen LogP contribution is -2.10. The molecule has 46 heavy (non-hydrogen) atoms. The van der Waals surface area contributed by atoms with Crippen LogP contribution in [-0.4, -0.2) is 52.5 Å². The van der Waals surface area contributed by atoms with E-state index in [0.29, 0.717) is 62.8 Å². The van der Waals surface area contributed by atoms with E-state index in [0.717, 1.165) is 60.1 Å². The van der Waals surface area contributed by atoms with Gasteiger partial charge < -0.3 is 18.9 Å². The molecule has 1 aromatic heterocycles. The van der Waals surface area contributed by atoms with Crippen LogP contribution in [0.15, 0.2) is 58.1 Å². The predicted molar refractivity (Wildman–Crippen MR) is 183 cm³/mol. The lowest BCUT2D eigenvalue weighted by molar-refractivity contribution is -0.144. The molecule has 3 rings (SSSR count). The Kier molecular flexibility index (Phi) is 16.1. The number of ether oxygens (including phenoxy) is 4. The third-order valence-corrected chi connectivity index (χ3v) is 9.96. The maximum absolute atomic E-state index is 12.8. The minimum atomic E-state index is -3.38. The molecule has 0 bridgehead atoms. The minimum absolute atomic E-state index is 0.106. The Morgan fingerprint density at radius 3 is 2.22 bits per heavy atom. The third-order valence-electron chi connectivity index (χ3n) is 7.38. The Bertz CT molecular complexity index is 1470. The van der Waals surface area contributed by atoms with Crippen molar-refractivity contribution >= 4 is 33.1 Å². The van der Waals surface area contributed by atoms with Gasteiger partial charge >= 0.3 is 11.9 Å². The second kappa shape index (κ2) is 20.0. The lowest BCUT2D eigenvalue weighted by atomic mass is 9.96.